The Bertz CT molecular complexity index is 670. The van der Waals surface area contributed by atoms with Crippen molar-refractivity contribution in [2.45, 2.75) is 13.8 Å². The molecule has 1 aromatic rings. The number of carbonyl (C=O) groups is 4. The number of carbonyl (C=O) groups excluding carboxylic acids is 4. The van der Waals surface area contributed by atoms with Crippen molar-refractivity contribution in [2.75, 3.05) is 45.7 Å². The molecule has 0 saturated carbocycles. The number of ether oxygens (including phenoxy) is 2. The molecule has 0 spiro atoms. The fourth-order valence-electron chi connectivity index (χ4n) is 2.31. The van der Waals surface area contributed by atoms with E-state index in [2.05, 4.69) is 20.1 Å². The molecule has 0 saturated heterocycles. The molecule has 0 bridgehead atoms. The average molecular weight is 379 g/mol. The summed E-state index contributed by atoms with van der Waals surface area (Å²) in [5, 5.41) is 5.29. The Hall–Kier alpha value is -2.94. The molecule has 148 valence electrons. The van der Waals surface area contributed by atoms with Crippen LogP contribution in [0.2, 0.25) is 0 Å². The Morgan fingerprint density at radius 1 is 0.889 bits per heavy atom. The number of hydrogen-bond donors (Lipinski definition) is 2. The molecule has 0 aliphatic heterocycles. The van der Waals surface area contributed by atoms with Crippen molar-refractivity contribution >= 4 is 29.4 Å². The maximum absolute atomic E-state index is 12.3. The quantitative estimate of drug-likeness (QED) is 0.606. The molecule has 2 N–H and O–H groups in total. The van der Waals surface area contributed by atoms with Crippen LogP contribution in [0.3, 0.4) is 0 Å². The van der Waals surface area contributed by atoms with Crippen molar-refractivity contribution in [3.05, 3.63) is 29.3 Å². The second-order valence-corrected chi connectivity index (χ2v) is 5.59. The third-order valence-corrected chi connectivity index (χ3v) is 3.61. The molecule has 0 atom stereocenters. The summed E-state index contributed by atoms with van der Waals surface area (Å²) in [6, 6.07) is 4.12. The molecule has 2 amide bonds. The summed E-state index contributed by atoms with van der Waals surface area (Å²) in [6.07, 6.45) is 0. The highest BCUT2D eigenvalue weighted by Gasteiger charge is 2.17. The molecule has 1 rings (SSSR count). The Labute approximate surface area is 158 Å². The predicted octanol–water partition coefficient (Wildman–Crippen LogP) is 0.656. The lowest BCUT2D eigenvalue weighted by Crippen LogP contribution is -2.41. The van der Waals surface area contributed by atoms with Gasteiger partial charge in [0.1, 0.15) is 0 Å². The van der Waals surface area contributed by atoms with Gasteiger partial charge in [-0.15, -0.1) is 0 Å². The maximum Gasteiger partial charge on any atom is 0.337 e. The first-order chi connectivity index (χ1) is 12.8. The minimum absolute atomic E-state index is 0.0242. The molecule has 0 fully saturated rings. The number of benzene rings is 1. The van der Waals surface area contributed by atoms with Gasteiger partial charge in [-0.1, -0.05) is 6.92 Å². The third-order valence-electron chi connectivity index (χ3n) is 3.61. The minimum atomic E-state index is -0.650. The molecular formula is C18H25N3O6. The van der Waals surface area contributed by atoms with Crippen molar-refractivity contribution < 1.29 is 28.7 Å². The van der Waals surface area contributed by atoms with Crippen LogP contribution in [-0.2, 0) is 19.1 Å². The van der Waals surface area contributed by atoms with Gasteiger partial charge in [-0.2, -0.15) is 0 Å². The van der Waals surface area contributed by atoms with E-state index in [1.807, 2.05) is 13.8 Å². The van der Waals surface area contributed by atoms with Gasteiger partial charge >= 0.3 is 11.9 Å². The number of rotatable bonds is 9. The molecule has 27 heavy (non-hydrogen) atoms. The zero-order chi connectivity index (χ0) is 20.4. The van der Waals surface area contributed by atoms with Crippen molar-refractivity contribution in [2.24, 2.45) is 0 Å². The third kappa shape index (κ3) is 7.06. The molecule has 0 radical (unpaired) electrons. The van der Waals surface area contributed by atoms with Crippen LogP contribution in [0.15, 0.2) is 18.2 Å². The average Bonchev–Trinajstić information content (AvgIpc) is 2.65. The second-order valence-electron chi connectivity index (χ2n) is 5.59. The number of likely N-dealkylation sites (N-methyl/N-ethyl adjacent to an activating group) is 2. The number of methoxy groups -OCH3 is 2. The first-order valence-electron chi connectivity index (χ1n) is 8.45. The van der Waals surface area contributed by atoms with Gasteiger partial charge in [0.2, 0.25) is 11.8 Å². The Morgan fingerprint density at radius 3 is 1.85 bits per heavy atom. The fourth-order valence-corrected chi connectivity index (χ4v) is 2.31. The van der Waals surface area contributed by atoms with Crippen LogP contribution in [0.4, 0.5) is 5.69 Å². The van der Waals surface area contributed by atoms with E-state index in [0.717, 1.165) is 0 Å². The summed E-state index contributed by atoms with van der Waals surface area (Å²) >= 11 is 0. The standard InChI is InChI=1S/C18H25N3O6/c1-5-19-15(22)10-21(6-2)11-16(23)20-14-8-12(17(24)26-3)7-13(9-14)18(25)27-4/h7-9H,5-6,10-11H2,1-4H3,(H,19,22)(H,20,23). The van der Waals surface area contributed by atoms with E-state index in [0.29, 0.717) is 13.1 Å². The monoisotopic (exact) mass is 379 g/mol. The van der Waals surface area contributed by atoms with E-state index in [9.17, 15) is 19.2 Å². The Morgan fingerprint density at radius 2 is 1.41 bits per heavy atom. The topological polar surface area (TPSA) is 114 Å². The fraction of sp³-hybridized carbons (Fsp3) is 0.444. The minimum Gasteiger partial charge on any atom is -0.465 e. The van der Waals surface area contributed by atoms with E-state index in [1.165, 1.54) is 32.4 Å². The number of esters is 2. The summed E-state index contributed by atoms with van der Waals surface area (Å²) in [7, 11) is 2.43. The van der Waals surface area contributed by atoms with Crippen LogP contribution in [0, 0.1) is 0 Å². The smallest absolute Gasteiger partial charge is 0.337 e. The van der Waals surface area contributed by atoms with Crippen molar-refractivity contribution in [1.29, 1.82) is 0 Å². The van der Waals surface area contributed by atoms with Crippen LogP contribution in [0.25, 0.3) is 0 Å². The molecule has 9 nitrogen and oxygen atoms in total. The summed E-state index contributed by atoms with van der Waals surface area (Å²) < 4.78 is 9.31. The van der Waals surface area contributed by atoms with Gasteiger partial charge in [0, 0.05) is 12.2 Å². The van der Waals surface area contributed by atoms with Gasteiger partial charge in [-0.25, -0.2) is 9.59 Å². The van der Waals surface area contributed by atoms with Crippen molar-refractivity contribution in [3.63, 3.8) is 0 Å². The molecule has 1 aromatic carbocycles. The lowest BCUT2D eigenvalue weighted by atomic mass is 10.1. The molecule has 0 aliphatic carbocycles. The van der Waals surface area contributed by atoms with Gasteiger partial charge in [-0.05, 0) is 31.7 Å². The largest absolute Gasteiger partial charge is 0.465 e. The van der Waals surface area contributed by atoms with Gasteiger partial charge in [-0.3, -0.25) is 14.5 Å². The highest BCUT2D eigenvalue weighted by Crippen LogP contribution is 2.17. The summed E-state index contributed by atoms with van der Waals surface area (Å²) in [4.78, 5) is 49.2. The number of hydrogen-bond acceptors (Lipinski definition) is 7. The van der Waals surface area contributed by atoms with E-state index in [1.54, 1.807) is 4.90 Å². The van der Waals surface area contributed by atoms with Gasteiger partial charge in [0.15, 0.2) is 0 Å². The lowest BCUT2D eigenvalue weighted by molar-refractivity contribution is -0.123. The zero-order valence-electron chi connectivity index (χ0n) is 16.0. The summed E-state index contributed by atoms with van der Waals surface area (Å²) in [5.74, 6) is -1.86. The first kappa shape index (κ1) is 22.1. The number of anilines is 1. The van der Waals surface area contributed by atoms with E-state index >= 15 is 0 Å². The maximum atomic E-state index is 12.3. The summed E-state index contributed by atoms with van der Waals surface area (Å²) in [5.41, 5.74) is 0.452. The predicted molar refractivity (Wildman–Crippen MR) is 98.5 cm³/mol. The van der Waals surface area contributed by atoms with Crippen LogP contribution in [0.1, 0.15) is 34.6 Å². The van der Waals surface area contributed by atoms with Crippen LogP contribution >= 0.6 is 0 Å². The van der Waals surface area contributed by atoms with Gasteiger partial charge < -0.3 is 20.1 Å². The van der Waals surface area contributed by atoms with Crippen LogP contribution in [0.5, 0.6) is 0 Å². The second kappa shape index (κ2) is 10.9. The van der Waals surface area contributed by atoms with Gasteiger partial charge in [0.25, 0.3) is 0 Å². The normalized spacial score (nSPS) is 10.3. The van der Waals surface area contributed by atoms with Crippen LogP contribution in [-0.4, -0.2) is 69.1 Å². The summed E-state index contributed by atoms with van der Waals surface area (Å²) in [6.45, 7) is 4.73. The van der Waals surface area contributed by atoms with E-state index in [4.69, 9.17) is 0 Å². The highest BCUT2D eigenvalue weighted by molar-refractivity contribution is 5.99. The highest BCUT2D eigenvalue weighted by atomic mass is 16.5. The Kier molecular flexibility index (Phi) is 8.94. The zero-order valence-corrected chi connectivity index (χ0v) is 16.0. The first-order valence-corrected chi connectivity index (χ1v) is 8.45. The molecule has 0 heterocycles. The lowest BCUT2D eigenvalue weighted by Gasteiger charge is -2.19. The Balaban J connectivity index is 2.92. The molecule has 9 heteroatoms. The van der Waals surface area contributed by atoms with Crippen molar-refractivity contribution in [3.8, 4) is 0 Å². The van der Waals surface area contributed by atoms with Crippen molar-refractivity contribution in [1.82, 2.24) is 10.2 Å². The molecule has 0 aromatic heterocycles. The van der Waals surface area contributed by atoms with Crippen LogP contribution < -0.4 is 10.6 Å². The van der Waals surface area contributed by atoms with E-state index < -0.39 is 11.9 Å². The number of amides is 2. The molecule has 0 aliphatic rings. The van der Waals surface area contributed by atoms with Gasteiger partial charge in [0.05, 0.1) is 38.4 Å². The SMILES string of the molecule is CCNC(=O)CN(CC)CC(=O)Nc1cc(C(=O)OC)cc(C(=O)OC)c1. The molecule has 0 unspecified atom stereocenters. The number of nitrogens with zero attached hydrogens (tertiary/aromatic N) is 1. The number of nitrogens with one attached hydrogen (secondary N) is 2. The molecular weight excluding hydrogens is 354 g/mol. The van der Waals surface area contributed by atoms with E-state index in [-0.39, 0.29) is 41.7 Å².